The Kier molecular flexibility index (Phi) is 37.0. The molecule has 0 saturated carbocycles. The minimum Gasteiger partial charge on any atom is -0.481 e. The van der Waals surface area contributed by atoms with Gasteiger partial charge in [-0.1, -0.05) is 180 Å². The molecule has 1 atom stereocenters. The van der Waals surface area contributed by atoms with Gasteiger partial charge in [-0.3, -0.25) is 9.59 Å². The average Bonchev–Trinajstić information content (AvgIpc) is 3.04. The molecule has 0 aliphatic heterocycles. The van der Waals surface area contributed by atoms with Gasteiger partial charge in [0.1, 0.15) is 6.10 Å². The van der Waals surface area contributed by atoms with Gasteiger partial charge in [0.05, 0.1) is 0 Å². The van der Waals surface area contributed by atoms with E-state index in [0.717, 1.165) is 64.2 Å². The first-order valence-electron chi connectivity index (χ1n) is 20.7. The van der Waals surface area contributed by atoms with Gasteiger partial charge in [-0.25, -0.2) is 0 Å². The zero-order valence-corrected chi connectivity index (χ0v) is 31.2. The highest BCUT2D eigenvalue weighted by Gasteiger charge is 2.14. The lowest BCUT2D eigenvalue weighted by Gasteiger charge is -2.18. The zero-order chi connectivity index (χ0) is 33.6. The second kappa shape index (κ2) is 38.1. The van der Waals surface area contributed by atoms with Crippen LogP contribution in [-0.2, 0) is 14.3 Å². The Bertz CT molecular complexity index is 658. The first-order valence-corrected chi connectivity index (χ1v) is 20.7. The summed E-state index contributed by atoms with van der Waals surface area (Å²) in [5.41, 5.74) is 0. The van der Waals surface area contributed by atoms with Crippen molar-refractivity contribution in [3.63, 3.8) is 0 Å². The summed E-state index contributed by atoms with van der Waals surface area (Å²) in [7, 11) is 0. The summed E-state index contributed by atoms with van der Waals surface area (Å²) in [4.78, 5) is 23.0. The molecular weight excluding hydrogens is 568 g/mol. The van der Waals surface area contributed by atoms with Crippen LogP contribution in [0.25, 0.3) is 0 Å². The van der Waals surface area contributed by atoms with Gasteiger partial charge in [0, 0.05) is 12.8 Å². The summed E-state index contributed by atoms with van der Waals surface area (Å²) in [5, 5.41) is 8.68. The summed E-state index contributed by atoms with van der Waals surface area (Å²) in [6.07, 6.45) is 47.2. The van der Waals surface area contributed by atoms with Crippen LogP contribution in [-0.4, -0.2) is 23.1 Å². The van der Waals surface area contributed by atoms with Gasteiger partial charge < -0.3 is 9.84 Å². The van der Waals surface area contributed by atoms with Gasteiger partial charge in [0.15, 0.2) is 0 Å². The highest BCUT2D eigenvalue weighted by Crippen LogP contribution is 2.18. The van der Waals surface area contributed by atoms with Crippen LogP contribution in [0.5, 0.6) is 0 Å². The molecule has 46 heavy (non-hydrogen) atoms. The fourth-order valence-electron chi connectivity index (χ4n) is 6.40. The van der Waals surface area contributed by atoms with E-state index in [0.29, 0.717) is 12.8 Å². The fourth-order valence-corrected chi connectivity index (χ4v) is 6.40. The Labute approximate surface area is 287 Å². The Morgan fingerprint density at radius 1 is 0.457 bits per heavy atom. The summed E-state index contributed by atoms with van der Waals surface area (Å²) >= 11 is 0. The second-order valence-corrected chi connectivity index (χ2v) is 14.2. The molecule has 0 aromatic rings. The lowest BCUT2D eigenvalue weighted by Crippen LogP contribution is -2.18. The number of carbonyl (C=O) groups is 2. The lowest BCUT2D eigenvalue weighted by atomic mass is 10.0. The molecule has 0 rings (SSSR count). The maximum atomic E-state index is 12.5. The number of rotatable bonds is 38. The van der Waals surface area contributed by atoms with Crippen LogP contribution in [0.1, 0.15) is 239 Å². The predicted molar refractivity (Wildman–Crippen MR) is 200 cm³/mol. The number of unbranched alkanes of at least 4 members (excludes halogenated alkanes) is 27. The molecule has 0 saturated heterocycles. The maximum absolute atomic E-state index is 12.5. The summed E-state index contributed by atoms with van der Waals surface area (Å²) in [5.74, 6) is -0.649. The van der Waals surface area contributed by atoms with E-state index in [4.69, 9.17) is 9.84 Å². The van der Waals surface area contributed by atoms with E-state index in [2.05, 4.69) is 26.0 Å². The standard InChI is InChI=1S/C42H80O4/c1-3-5-7-8-9-10-11-12-13-14-15-16-17-18-19-20-21-26-29-32-35-39-42(45)46-40(36-6-4-2)37-33-30-27-24-22-23-25-28-31-34-38-41(43)44/h12-13,40H,3-11,14-39H2,1-2H3,(H,43,44)/b13-12-. The first-order chi connectivity index (χ1) is 22.6. The van der Waals surface area contributed by atoms with E-state index in [9.17, 15) is 9.59 Å². The molecule has 0 amide bonds. The van der Waals surface area contributed by atoms with Crippen LogP contribution in [0.2, 0.25) is 0 Å². The Morgan fingerprint density at radius 2 is 0.804 bits per heavy atom. The van der Waals surface area contributed by atoms with Crippen LogP contribution in [0, 0.1) is 0 Å². The van der Waals surface area contributed by atoms with Gasteiger partial charge in [-0.05, 0) is 57.8 Å². The number of esters is 1. The average molecular weight is 649 g/mol. The van der Waals surface area contributed by atoms with Gasteiger partial charge in [0.2, 0.25) is 0 Å². The molecule has 1 N–H and O–H groups in total. The third-order valence-electron chi connectivity index (χ3n) is 9.49. The molecule has 0 aromatic heterocycles. The minimum atomic E-state index is -0.674. The summed E-state index contributed by atoms with van der Waals surface area (Å²) < 4.78 is 5.92. The van der Waals surface area contributed by atoms with Crippen molar-refractivity contribution >= 4 is 11.9 Å². The molecule has 0 heterocycles. The number of carboxylic acids is 1. The Morgan fingerprint density at radius 3 is 1.24 bits per heavy atom. The zero-order valence-electron chi connectivity index (χ0n) is 31.2. The van der Waals surface area contributed by atoms with E-state index in [-0.39, 0.29) is 12.1 Å². The SMILES string of the molecule is CCCCCCCC/C=C\CCCCCCCCCCCCCC(=O)OC(CCCC)CCCCCCCCCCCCC(=O)O. The highest BCUT2D eigenvalue weighted by atomic mass is 16.5. The van der Waals surface area contributed by atoms with Gasteiger partial charge in [0.25, 0.3) is 0 Å². The van der Waals surface area contributed by atoms with Crippen LogP contribution in [0.4, 0.5) is 0 Å². The number of carboxylic acid groups (broad SMARTS) is 1. The maximum Gasteiger partial charge on any atom is 0.306 e. The van der Waals surface area contributed by atoms with Crippen molar-refractivity contribution < 1.29 is 19.4 Å². The molecule has 4 heteroatoms. The van der Waals surface area contributed by atoms with E-state index >= 15 is 0 Å². The molecule has 0 fully saturated rings. The van der Waals surface area contributed by atoms with Crippen LogP contribution < -0.4 is 0 Å². The van der Waals surface area contributed by atoms with Crippen molar-refractivity contribution in [2.24, 2.45) is 0 Å². The van der Waals surface area contributed by atoms with Crippen molar-refractivity contribution in [1.82, 2.24) is 0 Å². The van der Waals surface area contributed by atoms with Crippen molar-refractivity contribution in [2.75, 3.05) is 0 Å². The summed E-state index contributed by atoms with van der Waals surface area (Å²) in [6, 6.07) is 0. The second-order valence-electron chi connectivity index (χ2n) is 14.2. The van der Waals surface area contributed by atoms with Crippen LogP contribution in [0.15, 0.2) is 12.2 Å². The Balaban J connectivity index is 3.56. The van der Waals surface area contributed by atoms with Gasteiger partial charge in [-0.2, -0.15) is 0 Å². The molecule has 4 nitrogen and oxygen atoms in total. The third kappa shape index (κ3) is 37.1. The normalized spacial score (nSPS) is 12.2. The largest absolute Gasteiger partial charge is 0.481 e. The molecular formula is C42H80O4. The molecule has 272 valence electrons. The smallest absolute Gasteiger partial charge is 0.306 e. The molecule has 0 aliphatic rings. The molecule has 0 spiro atoms. The van der Waals surface area contributed by atoms with E-state index < -0.39 is 5.97 Å². The molecule has 0 aliphatic carbocycles. The van der Waals surface area contributed by atoms with E-state index in [1.165, 1.54) is 148 Å². The Hall–Kier alpha value is -1.32. The van der Waals surface area contributed by atoms with Crippen LogP contribution >= 0.6 is 0 Å². The van der Waals surface area contributed by atoms with Crippen LogP contribution in [0.3, 0.4) is 0 Å². The number of carbonyl (C=O) groups excluding carboxylic acids is 1. The van der Waals surface area contributed by atoms with Crippen molar-refractivity contribution in [3.05, 3.63) is 12.2 Å². The van der Waals surface area contributed by atoms with Gasteiger partial charge >= 0.3 is 11.9 Å². The monoisotopic (exact) mass is 649 g/mol. The molecule has 0 radical (unpaired) electrons. The van der Waals surface area contributed by atoms with Crippen molar-refractivity contribution in [2.45, 2.75) is 245 Å². The quantitative estimate of drug-likeness (QED) is 0.0411. The summed E-state index contributed by atoms with van der Waals surface area (Å²) in [6.45, 7) is 4.49. The number of hydrogen-bond donors (Lipinski definition) is 1. The molecule has 0 aromatic carbocycles. The number of ether oxygens (including phenoxy) is 1. The first kappa shape index (κ1) is 44.7. The number of aliphatic carboxylic acids is 1. The molecule has 1 unspecified atom stereocenters. The van der Waals surface area contributed by atoms with Crippen molar-refractivity contribution in [1.29, 1.82) is 0 Å². The predicted octanol–water partition coefficient (Wildman–Crippen LogP) is 14.2. The van der Waals surface area contributed by atoms with Crippen molar-refractivity contribution in [3.8, 4) is 0 Å². The minimum absolute atomic E-state index is 0.0257. The fraction of sp³-hybridized carbons (Fsp3) is 0.905. The topological polar surface area (TPSA) is 63.6 Å². The number of allylic oxidation sites excluding steroid dienone is 2. The van der Waals surface area contributed by atoms with E-state index in [1.807, 2.05) is 0 Å². The highest BCUT2D eigenvalue weighted by molar-refractivity contribution is 5.69. The lowest BCUT2D eigenvalue weighted by molar-refractivity contribution is -0.150. The van der Waals surface area contributed by atoms with E-state index in [1.54, 1.807) is 0 Å². The third-order valence-corrected chi connectivity index (χ3v) is 9.49. The number of hydrogen-bond acceptors (Lipinski definition) is 3. The van der Waals surface area contributed by atoms with Gasteiger partial charge in [-0.15, -0.1) is 0 Å². The molecule has 0 bridgehead atoms.